The lowest BCUT2D eigenvalue weighted by Crippen LogP contribution is -2.42. The fourth-order valence-electron chi connectivity index (χ4n) is 2.94. The van der Waals surface area contributed by atoms with Crippen molar-refractivity contribution >= 4 is 15.9 Å². The van der Waals surface area contributed by atoms with Crippen molar-refractivity contribution in [3.8, 4) is 0 Å². The van der Waals surface area contributed by atoms with Crippen molar-refractivity contribution in [1.29, 1.82) is 0 Å². The van der Waals surface area contributed by atoms with Gasteiger partial charge >= 0.3 is 0 Å². The standard InChI is InChI=1S/C18H28N2O3S/c1-14(2)10-11-19-18(21)16-8-6-9-17(13-16)24(22,23)20-12-5-4-7-15(20)3/h6,8-9,13-15H,4-5,7,10-12H2,1-3H3,(H,19,21). The smallest absolute Gasteiger partial charge is 0.251 e. The van der Waals surface area contributed by atoms with E-state index in [2.05, 4.69) is 19.2 Å². The first-order chi connectivity index (χ1) is 11.3. The number of nitrogens with zero attached hydrogens (tertiary/aromatic N) is 1. The van der Waals surface area contributed by atoms with Gasteiger partial charge in [-0.1, -0.05) is 26.3 Å². The van der Waals surface area contributed by atoms with Gasteiger partial charge in [-0.05, 0) is 50.3 Å². The van der Waals surface area contributed by atoms with Crippen LogP contribution >= 0.6 is 0 Å². The lowest BCUT2D eigenvalue weighted by molar-refractivity contribution is 0.0952. The number of piperidine rings is 1. The molecule has 1 saturated heterocycles. The van der Waals surface area contributed by atoms with Crippen LogP contribution in [-0.4, -0.2) is 37.8 Å². The molecule has 0 saturated carbocycles. The van der Waals surface area contributed by atoms with E-state index in [-0.39, 0.29) is 16.8 Å². The second-order valence-corrected chi connectivity index (χ2v) is 8.82. The lowest BCUT2D eigenvalue weighted by Gasteiger charge is -2.32. The van der Waals surface area contributed by atoms with Gasteiger partial charge in [-0.25, -0.2) is 8.42 Å². The van der Waals surface area contributed by atoms with Gasteiger partial charge in [0, 0.05) is 24.7 Å². The Morgan fingerprint density at radius 1 is 1.33 bits per heavy atom. The van der Waals surface area contributed by atoms with E-state index >= 15 is 0 Å². The van der Waals surface area contributed by atoms with Gasteiger partial charge < -0.3 is 5.32 Å². The summed E-state index contributed by atoms with van der Waals surface area (Å²) in [6.07, 6.45) is 3.73. The Balaban J connectivity index is 2.15. The van der Waals surface area contributed by atoms with E-state index in [1.165, 1.54) is 6.07 Å². The van der Waals surface area contributed by atoms with Gasteiger partial charge in [0.15, 0.2) is 0 Å². The van der Waals surface area contributed by atoms with Gasteiger partial charge in [0.1, 0.15) is 0 Å². The molecule has 1 fully saturated rings. The zero-order valence-electron chi connectivity index (χ0n) is 14.8. The van der Waals surface area contributed by atoms with E-state index < -0.39 is 10.0 Å². The molecule has 1 aliphatic rings. The van der Waals surface area contributed by atoms with Crippen molar-refractivity contribution in [3.05, 3.63) is 29.8 Å². The van der Waals surface area contributed by atoms with Crippen LogP contribution < -0.4 is 5.32 Å². The van der Waals surface area contributed by atoms with Crippen molar-refractivity contribution in [2.24, 2.45) is 5.92 Å². The average Bonchev–Trinajstić information content (AvgIpc) is 2.54. The molecule has 1 unspecified atom stereocenters. The van der Waals surface area contributed by atoms with Crippen molar-refractivity contribution in [2.45, 2.75) is 57.4 Å². The average molecular weight is 353 g/mol. The summed E-state index contributed by atoms with van der Waals surface area (Å²) in [4.78, 5) is 12.4. The van der Waals surface area contributed by atoms with Crippen LogP contribution in [0, 0.1) is 5.92 Å². The molecule has 1 aromatic rings. The maximum absolute atomic E-state index is 12.9. The van der Waals surface area contributed by atoms with Crippen LogP contribution in [0.1, 0.15) is 56.8 Å². The summed E-state index contributed by atoms with van der Waals surface area (Å²) < 4.78 is 27.3. The third-order valence-corrected chi connectivity index (χ3v) is 6.46. The maximum Gasteiger partial charge on any atom is 0.251 e. The monoisotopic (exact) mass is 352 g/mol. The molecule has 1 aliphatic heterocycles. The van der Waals surface area contributed by atoms with Crippen LogP contribution in [0.2, 0.25) is 0 Å². The second kappa shape index (κ2) is 8.12. The van der Waals surface area contributed by atoms with E-state index in [0.29, 0.717) is 24.6 Å². The SMILES string of the molecule is CC(C)CCNC(=O)c1cccc(S(=O)(=O)N2CCCCC2C)c1. The van der Waals surface area contributed by atoms with Gasteiger partial charge in [0.2, 0.25) is 10.0 Å². The molecule has 24 heavy (non-hydrogen) atoms. The molecule has 1 aromatic carbocycles. The van der Waals surface area contributed by atoms with Crippen molar-refractivity contribution in [1.82, 2.24) is 9.62 Å². The van der Waals surface area contributed by atoms with Crippen molar-refractivity contribution in [3.63, 3.8) is 0 Å². The van der Waals surface area contributed by atoms with Gasteiger partial charge in [0.25, 0.3) is 5.91 Å². The highest BCUT2D eigenvalue weighted by Gasteiger charge is 2.31. The third-order valence-electron chi connectivity index (χ3n) is 4.45. The molecule has 0 bridgehead atoms. The quantitative estimate of drug-likeness (QED) is 0.856. The fraction of sp³-hybridized carbons (Fsp3) is 0.611. The highest BCUT2D eigenvalue weighted by Crippen LogP contribution is 2.25. The summed E-state index contributed by atoms with van der Waals surface area (Å²) >= 11 is 0. The zero-order chi connectivity index (χ0) is 17.7. The molecule has 0 aromatic heterocycles. The molecule has 1 atom stereocenters. The van der Waals surface area contributed by atoms with Crippen LogP contribution in [0.5, 0.6) is 0 Å². The minimum absolute atomic E-state index is 0.00674. The second-order valence-electron chi connectivity index (χ2n) is 6.93. The molecule has 1 N–H and O–H groups in total. The molecule has 1 amide bonds. The molecular formula is C18H28N2O3S. The first-order valence-corrected chi connectivity index (χ1v) is 10.2. The summed E-state index contributed by atoms with van der Waals surface area (Å²) in [7, 11) is -3.55. The van der Waals surface area contributed by atoms with Crippen LogP contribution in [0.4, 0.5) is 0 Å². The number of sulfonamides is 1. The summed E-state index contributed by atoms with van der Waals surface area (Å²) in [5, 5.41) is 2.85. The maximum atomic E-state index is 12.9. The molecule has 0 radical (unpaired) electrons. The normalized spacial score (nSPS) is 19.4. The Hall–Kier alpha value is -1.40. The molecular weight excluding hydrogens is 324 g/mol. The molecule has 0 spiro atoms. The Kier molecular flexibility index (Phi) is 6.40. The predicted octanol–water partition coefficient (Wildman–Crippen LogP) is 3.03. The van der Waals surface area contributed by atoms with Crippen LogP contribution in [0.25, 0.3) is 0 Å². The van der Waals surface area contributed by atoms with Gasteiger partial charge in [-0.15, -0.1) is 0 Å². The Bertz CT molecular complexity index is 671. The van der Waals surface area contributed by atoms with Gasteiger partial charge in [0.05, 0.1) is 4.90 Å². The third kappa shape index (κ3) is 4.57. The van der Waals surface area contributed by atoms with Gasteiger partial charge in [-0.3, -0.25) is 4.79 Å². The summed E-state index contributed by atoms with van der Waals surface area (Å²) in [6.45, 7) is 7.28. The van der Waals surface area contributed by atoms with Crippen molar-refractivity contribution < 1.29 is 13.2 Å². The summed E-state index contributed by atoms with van der Waals surface area (Å²) in [5.74, 6) is 0.289. The van der Waals surface area contributed by atoms with Gasteiger partial charge in [-0.2, -0.15) is 4.31 Å². The molecule has 2 rings (SSSR count). The number of amides is 1. The number of hydrogen-bond acceptors (Lipinski definition) is 3. The number of carbonyl (C=O) groups is 1. The minimum atomic E-state index is -3.55. The Morgan fingerprint density at radius 2 is 2.08 bits per heavy atom. The first kappa shape index (κ1) is 18.9. The number of rotatable bonds is 6. The van der Waals surface area contributed by atoms with E-state index in [9.17, 15) is 13.2 Å². The van der Waals surface area contributed by atoms with Crippen LogP contribution in [0.3, 0.4) is 0 Å². The first-order valence-electron chi connectivity index (χ1n) is 8.72. The fourth-order valence-corrected chi connectivity index (χ4v) is 4.68. The van der Waals surface area contributed by atoms with Crippen LogP contribution in [0.15, 0.2) is 29.2 Å². The highest BCUT2D eigenvalue weighted by molar-refractivity contribution is 7.89. The van der Waals surface area contributed by atoms with E-state index in [4.69, 9.17) is 0 Å². The lowest BCUT2D eigenvalue weighted by atomic mass is 10.1. The summed E-state index contributed by atoms with van der Waals surface area (Å²) in [5.41, 5.74) is 0.393. The van der Waals surface area contributed by atoms with E-state index in [1.807, 2.05) is 6.92 Å². The molecule has 6 heteroatoms. The molecule has 1 heterocycles. The van der Waals surface area contributed by atoms with E-state index in [0.717, 1.165) is 25.7 Å². The zero-order valence-corrected chi connectivity index (χ0v) is 15.6. The summed E-state index contributed by atoms with van der Waals surface area (Å²) in [6, 6.07) is 6.36. The van der Waals surface area contributed by atoms with Crippen molar-refractivity contribution in [2.75, 3.05) is 13.1 Å². The minimum Gasteiger partial charge on any atom is -0.352 e. The molecule has 5 nitrogen and oxygen atoms in total. The topological polar surface area (TPSA) is 66.5 Å². The predicted molar refractivity (Wildman–Crippen MR) is 95.4 cm³/mol. The number of carbonyl (C=O) groups excluding carboxylic acids is 1. The van der Waals surface area contributed by atoms with E-state index in [1.54, 1.807) is 22.5 Å². The largest absolute Gasteiger partial charge is 0.352 e. The molecule has 134 valence electrons. The number of hydrogen-bond donors (Lipinski definition) is 1. The molecule has 0 aliphatic carbocycles. The Morgan fingerprint density at radius 3 is 2.75 bits per heavy atom. The van der Waals surface area contributed by atoms with Crippen LogP contribution in [-0.2, 0) is 10.0 Å². The highest BCUT2D eigenvalue weighted by atomic mass is 32.2. The number of nitrogens with one attached hydrogen (secondary N) is 1. The Labute approximate surface area is 145 Å². The number of benzene rings is 1.